The van der Waals surface area contributed by atoms with Gasteiger partial charge in [-0.05, 0) is 18.1 Å². The highest BCUT2D eigenvalue weighted by Gasteiger charge is 2.34. The Morgan fingerprint density at radius 1 is 1.00 bits per heavy atom. The van der Waals surface area contributed by atoms with Gasteiger partial charge in [0.15, 0.2) is 6.10 Å². The lowest BCUT2D eigenvalue weighted by Crippen LogP contribution is -2.36. The minimum atomic E-state index is -3.41. The summed E-state index contributed by atoms with van der Waals surface area (Å²) in [4.78, 5) is 24.2. The third-order valence-electron chi connectivity index (χ3n) is 4.31. The van der Waals surface area contributed by atoms with Crippen LogP contribution < -0.4 is 5.32 Å². The molecular weight excluding hydrogens is 393 g/mol. The molecule has 0 aliphatic heterocycles. The molecule has 2 aromatic carbocycles. The van der Waals surface area contributed by atoms with Gasteiger partial charge in [-0.1, -0.05) is 60.7 Å². The number of carbonyl (C=O) groups excluding carboxylic acids is 2. The van der Waals surface area contributed by atoms with E-state index in [-0.39, 0.29) is 13.0 Å². The molecule has 2 rings (SSSR count). The van der Waals surface area contributed by atoms with Gasteiger partial charge in [0.25, 0.3) is 0 Å². The molecule has 2 aromatic rings. The van der Waals surface area contributed by atoms with E-state index in [9.17, 15) is 14.2 Å². The van der Waals surface area contributed by atoms with Gasteiger partial charge in [0, 0.05) is 13.1 Å². The number of nitrogens with one attached hydrogen (secondary N) is 1. The van der Waals surface area contributed by atoms with Gasteiger partial charge < -0.3 is 19.3 Å². The number of ether oxygens (including phenoxy) is 2. The summed E-state index contributed by atoms with van der Waals surface area (Å²) in [5.41, 5.74) is 1.67. The van der Waals surface area contributed by atoms with Crippen LogP contribution in [-0.2, 0) is 36.4 Å². The smallest absolute Gasteiger partial charge is 0.408 e. The zero-order valence-corrected chi connectivity index (χ0v) is 17.6. The highest BCUT2D eigenvalue weighted by Crippen LogP contribution is 2.48. The molecule has 3 unspecified atom stereocenters. The van der Waals surface area contributed by atoms with Crippen molar-refractivity contribution < 1.29 is 28.2 Å². The molecule has 0 aliphatic rings. The summed E-state index contributed by atoms with van der Waals surface area (Å²) >= 11 is 0. The normalized spacial score (nSPS) is 14.9. The van der Waals surface area contributed by atoms with Gasteiger partial charge >= 0.3 is 12.1 Å². The number of methoxy groups -OCH3 is 1. The molecule has 3 atom stereocenters. The lowest BCUT2D eigenvalue weighted by Gasteiger charge is -2.26. The van der Waals surface area contributed by atoms with Crippen molar-refractivity contribution in [1.82, 2.24) is 5.32 Å². The molecule has 1 amide bonds. The molecule has 0 aromatic heterocycles. The van der Waals surface area contributed by atoms with Gasteiger partial charge in [-0.25, -0.2) is 9.59 Å². The van der Waals surface area contributed by atoms with E-state index >= 15 is 0 Å². The Morgan fingerprint density at radius 3 is 2.10 bits per heavy atom. The van der Waals surface area contributed by atoms with E-state index < -0.39 is 31.3 Å². The molecule has 0 fully saturated rings. The fraction of sp³-hybridized carbons (Fsp3) is 0.333. The highest BCUT2D eigenvalue weighted by molar-refractivity contribution is 7.58. The molecule has 1 N–H and O–H groups in total. The average molecular weight is 419 g/mol. The van der Waals surface area contributed by atoms with Crippen molar-refractivity contribution in [2.24, 2.45) is 0 Å². The summed E-state index contributed by atoms with van der Waals surface area (Å²) in [7, 11) is -2.16. The van der Waals surface area contributed by atoms with Crippen LogP contribution in [0.4, 0.5) is 4.79 Å². The third kappa shape index (κ3) is 7.37. The number of benzene rings is 2. The largest absolute Gasteiger partial charge is 0.467 e. The Labute approximate surface area is 170 Å². The van der Waals surface area contributed by atoms with Crippen molar-refractivity contribution in [1.29, 1.82) is 0 Å². The standard InChI is InChI=1S/C21H26NO6P/c1-16(22-21(24)27-15-18-12-8-5-9-13-18)29(3,25)28-19(20(23)26-2)14-17-10-6-4-7-11-17/h4-13,16,19H,14-15H2,1-3H3,(H,22,24). The van der Waals surface area contributed by atoms with Gasteiger partial charge in [-0.3, -0.25) is 4.57 Å². The number of esters is 1. The van der Waals surface area contributed by atoms with Gasteiger partial charge in [-0.15, -0.1) is 0 Å². The van der Waals surface area contributed by atoms with Gasteiger partial charge in [0.1, 0.15) is 12.4 Å². The Hall–Kier alpha value is -2.63. The molecule has 156 valence electrons. The van der Waals surface area contributed by atoms with Gasteiger partial charge in [0.2, 0.25) is 7.37 Å². The monoisotopic (exact) mass is 419 g/mol. The maximum Gasteiger partial charge on any atom is 0.408 e. The third-order valence-corrected chi connectivity index (χ3v) is 6.52. The molecule has 0 bridgehead atoms. The van der Waals surface area contributed by atoms with Crippen LogP contribution >= 0.6 is 7.37 Å². The van der Waals surface area contributed by atoms with E-state index in [1.807, 2.05) is 60.7 Å². The first-order valence-corrected chi connectivity index (χ1v) is 11.3. The molecule has 0 heterocycles. The van der Waals surface area contributed by atoms with Crippen LogP contribution in [0.5, 0.6) is 0 Å². The second kappa shape index (κ2) is 10.8. The zero-order chi connectivity index (χ0) is 21.3. The topological polar surface area (TPSA) is 90.9 Å². The molecular formula is C21H26NO6P. The van der Waals surface area contributed by atoms with Crippen LogP contribution in [0.25, 0.3) is 0 Å². The summed E-state index contributed by atoms with van der Waals surface area (Å²) in [6.07, 6.45) is -1.57. The fourth-order valence-corrected chi connectivity index (χ4v) is 3.71. The van der Waals surface area contributed by atoms with Crippen LogP contribution in [0.1, 0.15) is 18.1 Å². The van der Waals surface area contributed by atoms with Gasteiger partial charge in [0.05, 0.1) is 7.11 Å². The Balaban J connectivity index is 1.95. The van der Waals surface area contributed by atoms with Crippen LogP contribution in [0.2, 0.25) is 0 Å². The number of amides is 1. The first kappa shape index (κ1) is 22.7. The average Bonchev–Trinajstić information content (AvgIpc) is 2.72. The van der Waals surface area contributed by atoms with E-state index in [4.69, 9.17) is 14.0 Å². The summed E-state index contributed by atoms with van der Waals surface area (Å²) in [5, 5.41) is 2.52. The van der Waals surface area contributed by atoms with Crippen molar-refractivity contribution in [3.05, 3.63) is 71.8 Å². The van der Waals surface area contributed by atoms with E-state index in [1.54, 1.807) is 6.92 Å². The van der Waals surface area contributed by atoms with Crippen molar-refractivity contribution >= 4 is 19.4 Å². The summed E-state index contributed by atoms with van der Waals surface area (Å²) in [6.45, 7) is 3.00. The predicted molar refractivity (Wildman–Crippen MR) is 110 cm³/mol. The summed E-state index contributed by atoms with van der Waals surface area (Å²) < 4.78 is 28.6. The zero-order valence-electron chi connectivity index (χ0n) is 16.7. The van der Waals surface area contributed by atoms with E-state index in [0.29, 0.717) is 0 Å². The molecule has 7 nitrogen and oxygen atoms in total. The molecule has 0 radical (unpaired) electrons. The molecule has 8 heteroatoms. The molecule has 0 saturated heterocycles. The number of rotatable bonds is 9. The van der Waals surface area contributed by atoms with Gasteiger partial charge in [-0.2, -0.15) is 0 Å². The quantitative estimate of drug-likeness (QED) is 0.489. The van der Waals surface area contributed by atoms with Crippen LogP contribution in [0.3, 0.4) is 0 Å². The van der Waals surface area contributed by atoms with Crippen molar-refractivity contribution in [2.45, 2.75) is 31.8 Å². The molecule has 0 spiro atoms. The minimum Gasteiger partial charge on any atom is -0.467 e. The first-order chi connectivity index (χ1) is 13.8. The summed E-state index contributed by atoms with van der Waals surface area (Å²) in [5.74, 6) is -1.48. The summed E-state index contributed by atoms with van der Waals surface area (Å²) in [6, 6.07) is 18.4. The van der Waals surface area contributed by atoms with Crippen molar-refractivity contribution in [2.75, 3.05) is 13.8 Å². The van der Waals surface area contributed by atoms with Crippen molar-refractivity contribution in [3.8, 4) is 0 Å². The predicted octanol–water partition coefficient (Wildman–Crippen LogP) is 3.97. The van der Waals surface area contributed by atoms with Crippen LogP contribution in [0.15, 0.2) is 60.7 Å². The van der Waals surface area contributed by atoms with E-state index in [2.05, 4.69) is 5.32 Å². The number of carbonyl (C=O) groups is 2. The second-order valence-corrected chi connectivity index (χ2v) is 9.40. The number of hydrogen-bond donors (Lipinski definition) is 1. The lowest BCUT2D eigenvalue weighted by atomic mass is 10.1. The lowest BCUT2D eigenvalue weighted by molar-refractivity contribution is -0.148. The Kier molecular flexibility index (Phi) is 8.43. The van der Waals surface area contributed by atoms with Crippen molar-refractivity contribution in [3.63, 3.8) is 0 Å². The van der Waals surface area contributed by atoms with E-state index in [1.165, 1.54) is 13.8 Å². The molecule has 29 heavy (non-hydrogen) atoms. The molecule has 0 saturated carbocycles. The minimum absolute atomic E-state index is 0.0903. The first-order valence-electron chi connectivity index (χ1n) is 9.16. The SMILES string of the molecule is COC(=O)C(Cc1ccccc1)OP(C)(=O)C(C)NC(=O)OCc1ccccc1. The maximum atomic E-state index is 13.0. The van der Waals surface area contributed by atoms with Crippen LogP contribution in [-0.4, -0.2) is 37.7 Å². The Morgan fingerprint density at radius 2 is 1.55 bits per heavy atom. The second-order valence-electron chi connectivity index (χ2n) is 6.60. The highest BCUT2D eigenvalue weighted by atomic mass is 31.2. The van der Waals surface area contributed by atoms with Crippen LogP contribution in [0, 0.1) is 0 Å². The Bertz CT molecular complexity index is 843. The number of alkyl carbamates (subject to hydrolysis) is 1. The molecule has 0 aliphatic carbocycles. The fourth-order valence-electron chi connectivity index (χ4n) is 2.52. The maximum absolute atomic E-state index is 13.0. The van der Waals surface area contributed by atoms with E-state index in [0.717, 1.165) is 11.1 Å². The number of hydrogen-bond acceptors (Lipinski definition) is 6.